The summed E-state index contributed by atoms with van der Waals surface area (Å²) in [4.78, 5) is 17.5. The second-order valence-corrected chi connectivity index (χ2v) is 6.49. The van der Waals surface area contributed by atoms with Crippen LogP contribution in [-0.2, 0) is 6.42 Å². The number of hydrogen-bond acceptors (Lipinski definition) is 4. The first-order chi connectivity index (χ1) is 12.1. The Bertz CT molecular complexity index is 996. The van der Waals surface area contributed by atoms with Gasteiger partial charge in [-0.15, -0.1) is 0 Å². The van der Waals surface area contributed by atoms with Gasteiger partial charge in [0.05, 0.1) is 24.2 Å². The number of nitrogens with zero attached hydrogens (tertiary/aromatic N) is 3. The molecule has 25 heavy (non-hydrogen) atoms. The van der Waals surface area contributed by atoms with Gasteiger partial charge in [-0.05, 0) is 42.3 Å². The SMILES string of the molecule is CCCc1nc2ccc(Br)cc2c(=O)n1N=Cc1cccc(OC)c1. The molecule has 128 valence electrons. The van der Waals surface area contributed by atoms with Crippen molar-refractivity contribution in [3.05, 3.63) is 68.7 Å². The Morgan fingerprint density at radius 2 is 2.12 bits per heavy atom. The number of aromatic nitrogens is 2. The molecule has 6 heteroatoms. The number of hydrogen-bond donors (Lipinski definition) is 0. The number of methoxy groups -OCH3 is 1. The molecule has 0 spiro atoms. The van der Waals surface area contributed by atoms with Gasteiger partial charge in [-0.2, -0.15) is 9.78 Å². The van der Waals surface area contributed by atoms with E-state index in [2.05, 4.69) is 26.0 Å². The summed E-state index contributed by atoms with van der Waals surface area (Å²) >= 11 is 3.40. The van der Waals surface area contributed by atoms with Crippen molar-refractivity contribution in [2.75, 3.05) is 7.11 Å². The van der Waals surface area contributed by atoms with Gasteiger partial charge >= 0.3 is 0 Å². The maximum Gasteiger partial charge on any atom is 0.282 e. The highest BCUT2D eigenvalue weighted by Gasteiger charge is 2.10. The van der Waals surface area contributed by atoms with Crippen LogP contribution in [-0.4, -0.2) is 23.0 Å². The molecule has 0 aliphatic heterocycles. The number of benzene rings is 2. The largest absolute Gasteiger partial charge is 0.497 e. The first-order valence-corrected chi connectivity index (χ1v) is 8.81. The fraction of sp³-hybridized carbons (Fsp3) is 0.211. The third-order valence-electron chi connectivity index (χ3n) is 3.77. The number of halogens is 1. The third-order valence-corrected chi connectivity index (χ3v) is 4.26. The van der Waals surface area contributed by atoms with Crippen molar-refractivity contribution < 1.29 is 4.74 Å². The second-order valence-electron chi connectivity index (χ2n) is 5.58. The summed E-state index contributed by atoms with van der Waals surface area (Å²) in [6.45, 7) is 2.05. The summed E-state index contributed by atoms with van der Waals surface area (Å²) in [5.41, 5.74) is 1.36. The van der Waals surface area contributed by atoms with Gasteiger partial charge in [0.2, 0.25) is 0 Å². The van der Waals surface area contributed by atoms with Gasteiger partial charge in [0.15, 0.2) is 0 Å². The molecule has 3 aromatic rings. The van der Waals surface area contributed by atoms with E-state index in [1.165, 1.54) is 4.68 Å². The minimum atomic E-state index is -0.172. The highest BCUT2D eigenvalue weighted by Crippen LogP contribution is 2.16. The van der Waals surface area contributed by atoms with Crippen LogP contribution in [0.5, 0.6) is 5.75 Å². The minimum absolute atomic E-state index is 0.172. The van der Waals surface area contributed by atoms with E-state index in [-0.39, 0.29) is 5.56 Å². The third kappa shape index (κ3) is 3.79. The van der Waals surface area contributed by atoms with Gasteiger partial charge in [-0.3, -0.25) is 4.79 Å². The first kappa shape index (κ1) is 17.4. The maximum absolute atomic E-state index is 12.9. The molecule has 0 radical (unpaired) electrons. The summed E-state index contributed by atoms with van der Waals surface area (Å²) in [7, 11) is 1.62. The van der Waals surface area contributed by atoms with E-state index in [1.54, 1.807) is 19.4 Å². The zero-order chi connectivity index (χ0) is 17.8. The molecule has 0 fully saturated rings. The van der Waals surface area contributed by atoms with Crippen LogP contribution < -0.4 is 10.3 Å². The van der Waals surface area contributed by atoms with Crippen molar-refractivity contribution in [2.45, 2.75) is 19.8 Å². The van der Waals surface area contributed by atoms with Gasteiger partial charge in [0.1, 0.15) is 11.6 Å². The molecule has 0 aliphatic rings. The predicted molar refractivity (Wildman–Crippen MR) is 104 cm³/mol. The smallest absolute Gasteiger partial charge is 0.282 e. The van der Waals surface area contributed by atoms with Gasteiger partial charge in [0.25, 0.3) is 5.56 Å². The van der Waals surface area contributed by atoms with Crippen LogP contribution in [0.1, 0.15) is 24.7 Å². The van der Waals surface area contributed by atoms with Gasteiger partial charge in [-0.1, -0.05) is 35.0 Å². The Hall–Kier alpha value is -2.47. The van der Waals surface area contributed by atoms with Crippen molar-refractivity contribution in [1.82, 2.24) is 9.66 Å². The normalized spacial score (nSPS) is 11.3. The Kier molecular flexibility index (Phi) is 5.28. The fourth-order valence-electron chi connectivity index (χ4n) is 2.55. The van der Waals surface area contributed by atoms with Crippen LogP contribution in [0.4, 0.5) is 0 Å². The predicted octanol–water partition coefficient (Wildman–Crippen LogP) is 4.00. The van der Waals surface area contributed by atoms with E-state index in [0.717, 1.165) is 22.2 Å². The first-order valence-electron chi connectivity index (χ1n) is 8.02. The van der Waals surface area contributed by atoms with Crippen molar-refractivity contribution in [1.29, 1.82) is 0 Å². The fourth-order valence-corrected chi connectivity index (χ4v) is 2.91. The Balaban J connectivity index is 2.12. The number of aryl methyl sites for hydroxylation is 1. The molecule has 2 aromatic carbocycles. The molecule has 0 atom stereocenters. The number of fused-ring (bicyclic) bond motifs is 1. The molecule has 5 nitrogen and oxygen atoms in total. The molecule has 1 heterocycles. The van der Waals surface area contributed by atoms with E-state index in [9.17, 15) is 4.79 Å². The van der Waals surface area contributed by atoms with Crippen molar-refractivity contribution in [3.8, 4) is 5.75 Å². The minimum Gasteiger partial charge on any atom is -0.497 e. The van der Waals surface area contributed by atoms with Crippen LogP contribution in [0.3, 0.4) is 0 Å². The molecule has 0 N–H and O–H groups in total. The summed E-state index contributed by atoms with van der Waals surface area (Å²) in [5.74, 6) is 1.40. The molecule has 0 amide bonds. The topological polar surface area (TPSA) is 56.5 Å². The molecular formula is C19H18BrN3O2. The summed E-state index contributed by atoms with van der Waals surface area (Å²) in [6.07, 6.45) is 3.20. The highest BCUT2D eigenvalue weighted by atomic mass is 79.9. The molecule has 0 saturated heterocycles. The highest BCUT2D eigenvalue weighted by molar-refractivity contribution is 9.10. The zero-order valence-electron chi connectivity index (χ0n) is 14.1. The monoisotopic (exact) mass is 399 g/mol. The lowest BCUT2D eigenvalue weighted by Crippen LogP contribution is -2.22. The lowest BCUT2D eigenvalue weighted by atomic mass is 10.2. The molecule has 0 aliphatic carbocycles. The molecule has 1 aromatic heterocycles. The number of ether oxygens (including phenoxy) is 1. The Labute approximate surface area is 154 Å². The van der Waals surface area contributed by atoms with E-state index in [4.69, 9.17) is 4.74 Å². The zero-order valence-corrected chi connectivity index (χ0v) is 15.7. The van der Waals surface area contributed by atoms with Crippen molar-refractivity contribution in [3.63, 3.8) is 0 Å². The van der Waals surface area contributed by atoms with Crippen LogP contribution in [0.25, 0.3) is 10.9 Å². The van der Waals surface area contributed by atoms with Crippen LogP contribution in [0.15, 0.2) is 56.8 Å². The molecule has 0 unspecified atom stereocenters. The van der Waals surface area contributed by atoms with E-state index in [1.807, 2.05) is 43.3 Å². The van der Waals surface area contributed by atoms with E-state index >= 15 is 0 Å². The summed E-state index contributed by atoms with van der Waals surface area (Å²) in [6, 6.07) is 13.0. The second kappa shape index (κ2) is 7.61. The molecule has 0 saturated carbocycles. The van der Waals surface area contributed by atoms with Crippen LogP contribution >= 0.6 is 15.9 Å². The lowest BCUT2D eigenvalue weighted by molar-refractivity contribution is 0.414. The van der Waals surface area contributed by atoms with Crippen LogP contribution in [0.2, 0.25) is 0 Å². The van der Waals surface area contributed by atoms with Crippen LogP contribution in [0, 0.1) is 0 Å². The average Bonchev–Trinajstić information content (AvgIpc) is 2.62. The van der Waals surface area contributed by atoms with Crippen molar-refractivity contribution in [2.24, 2.45) is 5.10 Å². The Morgan fingerprint density at radius 3 is 2.88 bits per heavy atom. The summed E-state index contributed by atoms with van der Waals surface area (Å²) < 4.78 is 7.44. The maximum atomic E-state index is 12.9. The van der Waals surface area contributed by atoms with Gasteiger partial charge in [0, 0.05) is 10.9 Å². The summed E-state index contributed by atoms with van der Waals surface area (Å²) in [5, 5.41) is 4.93. The average molecular weight is 400 g/mol. The van der Waals surface area contributed by atoms with Gasteiger partial charge < -0.3 is 4.74 Å². The quantitative estimate of drug-likeness (QED) is 0.609. The number of rotatable bonds is 5. The van der Waals surface area contributed by atoms with Gasteiger partial charge in [-0.25, -0.2) is 4.98 Å². The molecule has 0 bridgehead atoms. The molecular weight excluding hydrogens is 382 g/mol. The van der Waals surface area contributed by atoms with E-state index < -0.39 is 0 Å². The van der Waals surface area contributed by atoms with E-state index in [0.29, 0.717) is 23.1 Å². The Morgan fingerprint density at radius 1 is 1.28 bits per heavy atom. The van der Waals surface area contributed by atoms with Crippen molar-refractivity contribution >= 4 is 33.0 Å². The molecule has 3 rings (SSSR count). The lowest BCUT2D eigenvalue weighted by Gasteiger charge is -2.08. The standard InChI is InChI=1S/C19H18BrN3O2/c1-3-5-18-22-17-9-8-14(20)11-16(17)19(24)23(18)21-12-13-6-4-7-15(10-13)25-2/h4,6-12H,3,5H2,1-2H3.